The molecule has 1 heterocycles. The zero-order valence-corrected chi connectivity index (χ0v) is 21.8. The first-order chi connectivity index (χ1) is 17.6. The molecule has 0 spiro atoms. The summed E-state index contributed by atoms with van der Waals surface area (Å²) < 4.78 is 13.1. The topological polar surface area (TPSA) is 43.4 Å². The van der Waals surface area contributed by atoms with Crippen molar-refractivity contribution in [2.75, 3.05) is 11.9 Å². The largest absolute Gasteiger partial charge is 0.490 e. The molecule has 6 heteroatoms. The molecule has 0 unspecified atom stereocenters. The fourth-order valence-electron chi connectivity index (χ4n) is 3.91. The summed E-state index contributed by atoms with van der Waals surface area (Å²) >= 11 is 7.99. The van der Waals surface area contributed by atoms with Gasteiger partial charge in [-0.25, -0.2) is 4.98 Å². The number of halogens is 1. The van der Waals surface area contributed by atoms with Crippen LogP contribution in [0.5, 0.6) is 11.5 Å². The highest BCUT2D eigenvalue weighted by molar-refractivity contribution is 7.21. The molecule has 182 valence electrons. The molecular formula is C30H27ClN2O2S. The third-order valence-electron chi connectivity index (χ3n) is 5.82. The number of anilines is 1. The maximum Gasteiger partial charge on any atom is 0.161 e. The lowest BCUT2D eigenvalue weighted by Crippen LogP contribution is -2.03. The van der Waals surface area contributed by atoms with Crippen molar-refractivity contribution < 1.29 is 9.47 Å². The van der Waals surface area contributed by atoms with E-state index in [4.69, 9.17) is 26.1 Å². The highest BCUT2D eigenvalue weighted by Crippen LogP contribution is 2.32. The van der Waals surface area contributed by atoms with E-state index in [1.807, 2.05) is 43.3 Å². The zero-order chi connectivity index (χ0) is 24.9. The van der Waals surface area contributed by atoms with Crippen molar-refractivity contribution in [2.45, 2.75) is 27.0 Å². The van der Waals surface area contributed by atoms with Gasteiger partial charge in [0.15, 0.2) is 11.5 Å². The predicted molar refractivity (Wildman–Crippen MR) is 151 cm³/mol. The average molecular weight is 515 g/mol. The molecule has 0 amide bonds. The van der Waals surface area contributed by atoms with Crippen LogP contribution in [0, 0.1) is 6.92 Å². The van der Waals surface area contributed by atoms with Gasteiger partial charge in [-0.3, -0.25) is 0 Å². The molecule has 36 heavy (non-hydrogen) atoms. The highest BCUT2D eigenvalue weighted by atomic mass is 35.5. The molecule has 0 aliphatic carbocycles. The van der Waals surface area contributed by atoms with E-state index in [2.05, 4.69) is 60.8 Å². The molecule has 5 rings (SSSR count). The Balaban J connectivity index is 1.24. The van der Waals surface area contributed by atoms with E-state index in [1.165, 1.54) is 10.3 Å². The number of benzene rings is 4. The number of fused-ring (bicyclic) bond motifs is 1. The van der Waals surface area contributed by atoms with E-state index >= 15 is 0 Å². The van der Waals surface area contributed by atoms with Crippen LogP contribution in [-0.4, -0.2) is 11.6 Å². The predicted octanol–water partition coefficient (Wildman–Crippen LogP) is 8.51. The zero-order valence-electron chi connectivity index (χ0n) is 20.3. The van der Waals surface area contributed by atoms with Gasteiger partial charge < -0.3 is 14.8 Å². The first-order valence-electron chi connectivity index (χ1n) is 11.9. The van der Waals surface area contributed by atoms with Crippen LogP contribution in [0.3, 0.4) is 0 Å². The second-order valence-corrected chi connectivity index (χ2v) is 9.95. The molecule has 0 saturated heterocycles. The van der Waals surface area contributed by atoms with Crippen LogP contribution in [-0.2, 0) is 13.2 Å². The van der Waals surface area contributed by atoms with Crippen LogP contribution in [0.4, 0.5) is 5.69 Å². The third-order valence-corrected chi connectivity index (χ3v) is 7.26. The number of hydrogen-bond donors (Lipinski definition) is 1. The molecule has 0 aliphatic heterocycles. The number of aromatic nitrogens is 1. The summed E-state index contributed by atoms with van der Waals surface area (Å²) in [5.41, 5.74) is 6.52. The molecule has 0 aliphatic rings. The number of nitrogens with one attached hydrogen (secondary N) is 1. The van der Waals surface area contributed by atoms with Gasteiger partial charge >= 0.3 is 0 Å². The molecule has 4 aromatic carbocycles. The van der Waals surface area contributed by atoms with Crippen molar-refractivity contribution in [3.8, 4) is 22.1 Å². The van der Waals surface area contributed by atoms with Crippen molar-refractivity contribution in [2.24, 2.45) is 0 Å². The number of ether oxygens (including phenoxy) is 2. The fourth-order valence-corrected chi connectivity index (χ4v) is 5.17. The molecule has 0 fully saturated rings. The molecule has 0 atom stereocenters. The van der Waals surface area contributed by atoms with Crippen LogP contribution in [0.25, 0.3) is 20.8 Å². The lowest BCUT2D eigenvalue weighted by Gasteiger charge is -2.15. The SMILES string of the molecule is CCOc1cc(CNc2ccc(-c3nc4ccc(C)cc4s3)cc2)ccc1OCc1ccccc1Cl. The Morgan fingerprint density at radius 2 is 1.72 bits per heavy atom. The summed E-state index contributed by atoms with van der Waals surface area (Å²) in [4.78, 5) is 4.79. The van der Waals surface area contributed by atoms with Crippen LogP contribution < -0.4 is 14.8 Å². The summed E-state index contributed by atoms with van der Waals surface area (Å²) in [6.45, 7) is 5.70. The molecule has 4 nitrogen and oxygen atoms in total. The first kappa shape index (κ1) is 24.2. The normalized spacial score (nSPS) is 11.0. The Hall–Kier alpha value is -3.54. The number of thiazole rings is 1. The molecular weight excluding hydrogens is 488 g/mol. The van der Waals surface area contributed by atoms with Gasteiger partial charge in [-0.05, 0) is 79.6 Å². The van der Waals surface area contributed by atoms with E-state index in [0.29, 0.717) is 30.5 Å². The van der Waals surface area contributed by atoms with Gasteiger partial charge in [0, 0.05) is 28.4 Å². The number of rotatable bonds is 9. The van der Waals surface area contributed by atoms with Crippen molar-refractivity contribution in [3.63, 3.8) is 0 Å². The summed E-state index contributed by atoms with van der Waals surface area (Å²) in [5.74, 6) is 1.43. The highest BCUT2D eigenvalue weighted by Gasteiger charge is 2.10. The van der Waals surface area contributed by atoms with Gasteiger partial charge in [-0.1, -0.05) is 41.9 Å². The second-order valence-electron chi connectivity index (χ2n) is 8.52. The lowest BCUT2D eigenvalue weighted by atomic mass is 10.1. The fraction of sp³-hybridized carbons (Fsp3) is 0.167. The Labute approximate surface area is 220 Å². The summed E-state index contributed by atoms with van der Waals surface area (Å²) in [6, 6.07) is 28.5. The van der Waals surface area contributed by atoms with Crippen LogP contribution >= 0.6 is 22.9 Å². The van der Waals surface area contributed by atoms with Gasteiger partial charge in [0.25, 0.3) is 0 Å². The average Bonchev–Trinajstić information content (AvgIpc) is 3.31. The Bertz CT molecular complexity index is 1480. The van der Waals surface area contributed by atoms with E-state index in [1.54, 1.807) is 11.3 Å². The summed E-state index contributed by atoms with van der Waals surface area (Å²) in [7, 11) is 0. The lowest BCUT2D eigenvalue weighted by molar-refractivity contribution is 0.269. The maximum atomic E-state index is 6.26. The van der Waals surface area contributed by atoms with Gasteiger partial charge in [-0.15, -0.1) is 11.3 Å². The minimum Gasteiger partial charge on any atom is -0.490 e. The van der Waals surface area contributed by atoms with Gasteiger partial charge in [0.1, 0.15) is 11.6 Å². The Morgan fingerprint density at radius 3 is 2.53 bits per heavy atom. The van der Waals surface area contributed by atoms with Gasteiger partial charge in [0.2, 0.25) is 0 Å². The molecule has 0 bridgehead atoms. The van der Waals surface area contributed by atoms with E-state index in [-0.39, 0.29) is 0 Å². The standard InChI is InChI=1S/C30H27ClN2O2S/c1-3-34-28-17-21(9-15-27(28)35-19-23-6-4-5-7-25(23)31)18-32-24-12-10-22(11-13-24)30-33-26-14-8-20(2)16-29(26)36-30/h4-17,32H,3,18-19H2,1-2H3. The molecule has 5 aromatic rings. The van der Waals surface area contributed by atoms with Crippen molar-refractivity contribution in [3.05, 3.63) is 107 Å². The monoisotopic (exact) mass is 514 g/mol. The molecule has 1 aromatic heterocycles. The number of hydrogen-bond acceptors (Lipinski definition) is 5. The Morgan fingerprint density at radius 1 is 0.889 bits per heavy atom. The van der Waals surface area contributed by atoms with Crippen LogP contribution in [0.1, 0.15) is 23.6 Å². The summed E-state index contributed by atoms with van der Waals surface area (Å²) in [5, 5.41) is 5.23. The summed E-state index contributed by atoms with van der Waals surface area (Å²) in [6.07, 6.45) is 0. The number of nitrogens with zero attached hydrogens (tertiary/aromatic N) is 1. The molecule has 0 saturated carbocycles. The van der Waals surface area contributed by atoms with Crippen molar-refractivity contribution in [1.29, 1.82) is 0 Å². The minimum atomic E-state index is 0.387. The maximum absolute atomic E-state index is 6.26. The van der Waals surface area contributed by atoms with Gasteiger partial charge in [0.05, 0.1) is 16.8 Å². The quantitative estimate of drug-likeness (QED) is 0.214. The second kappa shape index (κ2) is 11.0. The number of aryl methyl sites for hydroxylation is 1. The minimum absolute atomic E-state index is 0.387. The third kappa shape index (κ3) is 5.64. The Kier molecular flexibility index (Phi) is 7.40. The van der Waals surface area contributed by atoms with E-state index in [9.17, 15) is 0 Å². The molecule has 0 radical (unpaired) electrons. The van der Waals surface area contributed by atoms with Crippen molar-refractivity contribution >= 4 is 38.8 Å². The van der Waals surface area contributed by atoms with Gasteiger partial charge in [-0.2, -0.15) is 0 Å². The smallest absolute Gasteiger partial charge is 0.161 e. The molecule has 1 N–H and O–H groups in total. The first-order valence-corrected chi connectivity index (χ1v) is 13.1. The van der Waals surface area contributed by atoms with E-state index < -0.39 is 0 Å². The van der Waals surface area contributed by atoms with Crippen molar-refractivity contribution in [1.82, 2.24) is 4.98 Å². The van der Waals surface area contributed by atoms with Crippen LogP contribution in [0.15, 0.2) is 84.9 Å². The van der Waals surface area contributed by atoms with E-state index in [0.717, 1.165) is 38.7 Å². The van der Waals surface area contributed by atoms with Crippen LogP contribution in [0.2, 0.25) is 5.02 Å².